The van der Waals surface area contributed by atoms with E-state index in [-0.39, 0.29) is 35.0 Å². The molecule has 0 unspecified atom stereocenters. The summed E-state index contributed by atoms with van der Waals surface area (Å²) in [5.41, 5.74) is -0.575. The molecular formula is C24H19F3N6O4. The van der Waals surface area contributed by atoms with Crippen molar-refractivity contribution in [2.75, 3.05) is 31.1 Å². The summed E-state index contributed by atoms with van der Waals surface area (Å²) in [4.78, 5) is 32.2. The van der Waals surface area contributed by atoms with E-state index in [1.807, 2.05) is 0 Å². The van der Waals surface area contributed by atoms with Crippen LogP contribution in [0.5, 0.6) is 11.5 Å². The number of carbonyl (C=O) groups excluding carboxylic acids is 2. The monoisotopic (exact) mass is 512 g/mol. The number of halogens is 3. The number of amides is 3. The standard InChI is InChI=1S/C24H19F3N6O4/c1-28-23(34)12-5-4-6-14(17(12)25)33-20-11(8-29-22-13(20)9-30-31-22)10-32(24(33)35)21-18(26)15(36-2)7-16(37-3)19(21)27/h4-9H,10H2,1-3H3,(H,28,34)(H,29,30,31). The van der Waals surface area contributed by atoms with Crippen LogP contribution in [0.2, 0.25) is 0 Å². The number of benzene rings is 2. The number of urea groups is 1. The number of fused-ring (bicyclic) bond motifs is 3. The highest BCUT2D eigenvalue weighted by Crippen LogP contribution is 2.45. The first-order valence-electron chi connectivity index (χ1n) is 10.9. The van der Waals surface area contributed by atoms with Crippen molar-refractivity contribution in [3.05, 3.63) is 65.2 Å². The zero-order chi connectivity index (χ0) is 26.4. The van der Waals surface area contributed by atoms with Gasteiger partial charge in [-0.25, -0.2) is 22.9 Å². The van der Waals surface area contributed by atoms with Gasteiger partial charge in [-0.15, -0.1) is 0 Å². The number of pyridine rings is 1. The second kappa shape index (κ2) is 9.00. The number of hydrogen-bond acceptors (Lipinski definition) is 6. The van der Waals surface area contributed by atoms with E-state index in [9.17, 15) is 9.59 Å². The molecule has 3 heterocycles. The summed E-state index contributed by atoms with van der Waals surface area (Å²) in [6, 6.07) is 3.92. The van der Waals surface area contributed by atoms with Gasteiger partial charge in [-0.1, -0.05) is 6.07 Å². The van der Waals surface area contributed by atoms with Gasteiger partial charge in [0, 0.05) is 24.9 Å². The van der Waals surface area contributed by atoms with E-state index in [0.29, 0.717) is 16.6 Å². The number of nitrogens with one attached hydrogen (secondary N) is 2. The molecule has 0 atom stereocenters. The molecule has 1 aliphatic heterocycles. The van der Waals surface area contributed by atoms with Crippen LogP contribution in [-0.2, 0) is 6.54 Å². The SMILES string of the molecule is CNC(=O)c1cccc(N2C(=O)N(c3c(F)c(OC)cc(OC)c3F)Cc3cnc4[nH]ncc4c32)c1F. The molecular weight excluding hydrogens is 493 g/mol. The van der Waals surface area contributed by atoms with Gasteiger partial charge in [-0.05, 0) is 12.1 Å². The molecule has 10 nitrogen and oxygen atoms in total. The van der Waals surface area contributed by atoms with E-state index >= 15 is 13.2 Å². The predicted octanol–water partition coefficient (Wildman–Crippen LogP) is 4.03. The van der Waals surface area contributed by atoms with Crippen LogP contribution >= 0.6 is 0 Å². The fraction of sp³-hybridized carbons (Fsp3) is 0.167. The summed E-state index contributed by atoms with van der Waals surface area (Å²) in [7, 11) is 3.69. The summed E-state index contributed by atoms with van der Waals surface area (Å²) in [5.74, 6) is -4.78. The lowest BCUT2D eigenvalue weighted by molar-refractivity contribution is 0.0959. The van der Waals surface area contributed by atoms with Crippen molar-refractivity contribution in [3.8, 4) is 11.5 Å². The Morgan fingerprint density at radius 1 is 1.05 bits per heavy atom. The van der Waals surface area contributed by atoms with E-state index in [2.05, 4.69) is 20.5 Å². The number of H-pyrrole nitrogens is 1. The molecule has 4 aromatic rings. The second-order valence-electron chi connectivity index (χ2n) is 7.94. The molecule has 0 saturated carbocycles. The highest BCUT2D eigenvalue weighted by Gasteiger charge is 2.40. The van der Waals surface area contributed by atoms with Gasteiger partial charge in [0.05, 0.1) is 49.3 Å². The van der Waals surface area contributed by atoms with Gasteiger partial charge in [-0.3, -0.25) is 19.7 Å². The average molecular weight is 512 g/mol. The van der Waals surface area contributed by atoms with E-state index in [0.717, 1.165) is 15.9 Å². The second-order valence-corrected chi connectivity index (χ2v) is 7.94. The normalized spacial score (nSPS) is 13.1. The summed E-state index contributed by atoms with van der Waals surface area (Å²) in [6.07, 6.45) is 2.78. The maximum atomic E-state index is 15.7. The van der Waals surface area contributed by atoms with Gasteiger partial charge in [0.15, 0.2) is 34.6 Å². The number of carbonyl (C=O) groups is 2. The van der Waals surface area contributed by atoms with Gasteiger partial charge < -0.3 is 14.8 Å². The molecule has 1 aliphatic rings. The highest BCUT2D eigenvalue weighted by molar-refractivity contribution is 6.16. The largest absolute Gasteiger partial charge is 0.493 e. The third-order valence-corrected chi connectivity index (χ3v) is 6.01. The van der Waals surface area contributed by atoms with E-state index in [4.69, 9.17) is 9.47 Å². The molecule has 2 aromatic carbocycles. The Kier molecular flexibility index (Phi) is 5.82. The molecule has 0 fully saturated rings. The minimum absolute atomic E-state index is 0.198. The maximum Gasteiger partial charge on any atom is 0.334 e. The van der Waals surface area contributed by atoms with Crippen molar-refractivity contribution < 1.29 is 32.2 Å². The first-order chi connectivity index (χ1) is 17.8. The number of nitrogens with zero attached hydrogens (tertiary/aromatic N) is 4. The number of ether oxygens (including phenoxy) is 2. The van der Waals surface area contributed by atoms with Crippen LogP contribution in [0, 0.1) is 17.5 Å². The topological polar surface area (TPSA) is 113 Å². The van der Waals surface area contributed by atoms with E-state index in [1.54, 1.807) is 0 Å². The van der Waals surface area contributed by atoms with Crippen LogP contribution in [0.25, 0.3) is 11.0 Å². The summed E-state index contributed by atoms with van der Waals surface area (Å²) < 4.78 is 56.6. The van der Waals surface area contributed by atoms with Crippen molar-refractivity contribution in [3.63, 3.8) is 0 Å². The Morgan fingerprint density at radius 3 is 2.41 bits per heavy atom. The number of hydrogen-bond donors (Lipinski definition) is 2. The van der Waals surface area contributed by atoms with Crippen molar-refractivity contribution in [1.29, 1.82) is 0 Å². The Bertz CT molecular complexity index is 1550. The highest BCUT2D eigenvalue weighted by atomic mass is 19.1. The van der Waals surface area contributed by atoms with E-state index < -0.39 is 35.1 Å². The zero-order valence-electron chi connectivity index (χ0n) is 19.7. The molecule has 5 rings (SSSR count). The molecule has 0 aliphatic carbocycles. The lowest BCUT2D eigenvalue weighted by atomic mass is 10.0. The van der Waals surface area contributed by atoms with E-state index in [1.165, 1.54) is 51.9 Å². The van der Waals surface area contributed by atoms with Crippen molar-refractivity contribution >= 4 is 40.0 Å². The number of anilines is 3. The first-order valence-corrected chi connectivity index (χ1v) is 10.9. The molecule has 0 radical (unpaired) electrons. The van der Waals surface area contributed by atoms with Crippen LogP contribution in [-0.4, -0.2) is 48.4 Å². The van der Waals surface area contributed by atoms with Crippen LogP contribution < -0.4 is 24.6 Å². The van der Waals surface area contributed by atoms with Crippen molar-refractivity contribution in [1.82, 2.24) is 20.5 Å². The summed E-state index contributed by atoms with van der Waals surface area (Å²) in [5, 5.41) is 9.32. The molecule has 0 bridgehead atoms. The third kappa shape index (κ3) is 3.58. The molecule has 2 aromatic heterocycles. The third-order valence-electron chi connectivity index (χ3n) is 6.01. The van der Waals surface area contributed by atoms with Crippen molar-refractivity contribution in [2.45, 2.75) is 6.54 Å². The Hall–Kier alpha value is -4.81. The number of aromatic amines is 1. The Balaban J connectivity index is 1.80. The quantitative estimate of drug-likeness (QED) is 0.418. The molecule has 3 amide bonds. The van der Waals surface area contributed by atoms with Crippen LogP contribution in [0.1, 0.15) is 15.9 Å². The zero-order valence-corrected chi connectivity index (χ0v) is 19.7. The predicted molar refractivity (Wildman–Crippen MR) is 127 cm³/mol. The number of rotatable bonds is 5. The number of methoxy groups -OCH3 is 2. The fourth-order valence-electron chi connectivity index (χ4n) is 4.27. The van der Waals surface area contributed by atoms with Crippen LogP contribution in [0.3, 0.4) is 0 Å². The average Bonchev–Trinajstić information content (AvgIpc) is 3.38. The lowest BCUT2D eigenvalue weighted by Crippen LogP contribution is -2.46. The maximum absolute atomic E-state index is 15.7. The van der Waals surface area contributed by atoms with Crippen LogP contribution in [0.15, 0.2) is 36.7 Å². The molecule has 37 heavy (non-hydrogen) atoms. The minimum Gasteiger partial charge on any atom is -0.493 e. The molecule has 190 valence electrons. The van der Waals surface area contributed by atoms with Gasteiger partial charge in [0.2, 0.25) is 0 Å². The number of aromatic nitrogens is 3. The summed E-state index contributed by atoms with van der Waals surface area (Å²) >= 11 is 0. The lowest BCUT2D eigenvalue weighted by Gasteiger charge is -2.37. The summed E-state index contributed by atoms with van der Waals surface area (Å²) in [6.45, 7) is -0.320. The first kappa shape index (κ1) is 23.9. The fourth-order valence-corrected chi connectivity index (χ4v) is 4.27. The molecule has 0 saturated heterocycles. The Morgan fingerprint density at radius 2 is 1.76 bits per heavy atom. The smallest absolute Gasteiger partial charge is 0.334 e. The van der Waals surface area contributed by atoms with Gasteiger partial charge in [-0.2, -0.15) is 5.10 Å². The molecule has 13 heteroatoms. The van der Waals surface area contributed by atoms with Gasteiger partial charge in [0.1, 0.15) is 5.69 Å². The minimum atomic E-state index is -1.16. The molecule has 2 N–H and O–H groups in total. The van der Waals surface area contributed by atoms with Crippen LogP contribution in [0.4, 0.5) is 35.0 Å². The van der Waals surface area contributed by atoms with Crippen molar-refractivity contribution in [2.24, 2.45) is 0 Å². The van der Waals surface area contributed by atoms with Gasteiger partial charge in [0.25, 0.3) is 5.91 Å². The van der Waals surface area contributed by atoms with Gasteiger partial charge >= 0.3 is 6.03 Å². The molecule has 0 spiro atoms. The Labute approximate surface area is 207 Å².